The van der Waals surface area contributed by atoms with E-state index in [1.54, 1.807) is 0 Å². The van der Waals surface area contributed by atoms with E-state index in [0.717, 1.165) is 6.06 Å². The molecule has 0 aliphatic heterocycles. The maximum Gasteiger partial charge on any atom is 0.0920 e. The van der Waals surface area contributed by atoms with Crippen molar-refractivity contribution in [1.29, 1.82) is 1.34 Å². The molecule has 0 aromatic carbocycles. The van der Waals surface area contributed by atoms with Gasteiger partial charge >= 0.3 is 0 Å². The van der Waals surface area contributed by atoms with Gasteiger partial charge in [0.05, 0.1) is 7.81 Å². The lowest BCUT2D eigenvalue weighted by molar-refractivity contribution is 2.15. The van der Waals surface area contributed by atoms with Crippen molar-refractivity contribution < 1.29 is 1.37 Å². The van der Waals surface area contributed by atoms with Gasteiger partial charge in [0, 0.05) is 1.37 Å². The van der Waals surface area contributed by atoms with E-state index in [2.05, 4.69) is 0 Å². The molecule has 1 atom stereocenters. The molecule has 2 heteroatoms. The number of hydrogen-bond donors (Lipinski definition) is 0. The van der Waals surface area contributed by atoms with Gasteiger partial charge in [-0.3, -0.25) is 0 Å². The molecule has 0 spiro atoms. The Morgan fingerprint density at radius 1 is 2.75 bits per heavy atom. The van der Waals surface area contributed by atoms with E-state index in [9.17, 15) is 0 Å². The molecule has 0 amide bonds. The quantitative estimate of drug-likeness (QED) is 0.249. The summed E-state index contributed by atoms with van der Waals surface area (Å²) in [5.41, 5.74) is 0. The van der Waals surface area contributed by atoms with E-state index in [-0.39, 0.29) is 0 Å². The van der Waals surface area contributed by atoms with Crippen LogP contribution in [0, 0.1) is 0 Å². The third kappa shape index (κ3) is 2.49. The Morgan fingerprint density at radius 2 is 3.75 bits per heavy atom. The van der Waals surface area contributed by atoms with Gasteiger partial charge in [0.1, 0.15) is 0 Å². The summed E-state index contributed by atoms with van der Waals surface area (Å²) in [5.74, 6) is 0. The highest BCUT2D eigenvalue weighted by atomic mass is 31.1. The fourth-order valence-electron chi connectivity index (χ4n) is 0. The van der Waals surface area contributed by atoms with E-state index in [1.165, 1.54) is 7.81 Å². The molecular formula is C2H7BP. The summed E-state index contributed by atoms with van der Waals surface area (Å²) in [6, 6.07) is 0.795. The van der Waals surface area contributed by atoms with Gasteiger partial charge in [-0.1, -0.05) is 6.06 Å². The Morgan fingerprint density at radius 3 is 4.00 bits per heavy atom. The SMILES string of the molecule is [2H][B]CPC[2H]. The lowest BCUT2D eigenvalue weighted by atomic mass is 10.2. The van der Waals surface area contributed by atoms with Gasteiger partial charge in [-0.15, -0.1) is 8.58 Å². The average molecular weight is 74.9 g/mol. The van der Waals surface area contributed by atoms with Gasteiger partial charge in [-0.2, -0.15) is 0 Å². The van der Waals surface area contributed by atoms with Crippen molar-refractivity contribution in [1.82, 2.24) is 0 Å². The summed E-state index contributed by atoms with van der Waals surface area (Å²) >= 11 is 0. The van der Waals surface area contributed by atoms with Crippen molar-refractivity contribution in [2.75, 3.05) is 12.7 Å². The van der Waals surface area contributed by atoms with Crippen LogP contribution >= 0.6 is 8.58 Å². The van der Waals surface area contributed by atoms with Gasteiger partial charge in [-0.05, 0) is 7.98 Å². The highest BCUT2D eigenvalue weighted by molar-refractivity contribution is 7.39. The summed E-state index contributed by atoms with van der Waals surface area (Å²) in [6.45, 7) is 0.482. The third-order valence-corrected chi connectivity index (χ3v) is 0.433. The van der Waals surface area contributed by atoms with Gasteiger partial charge < -0.3 is 0 Å². The Hall–Kier alpha value is 0.495. The zero-order chi connectivity index (χ0) is 4.83. The molecule has 0 nitrogen and oxygen atoms in total. The molecule has 1 radical (unpaired) electrons. The Balaban J connectivity index is 2.34. The number of hydrogen-bond acceptors (Lipinski definition) is 0. The lowest BCUT2D eigenvalue weighted by Gasteiger charge is -1.69. The summed E-state index contributed by atoms with van der Waals surface area (Å²) in [4.78, 5) is 0. The first-order valence-electron chi connectivity index (χ1n) is 2.40. The molecule has 0 aliphatic carbocycles. The smallest absolute Gasteiger partial charge is 0.0920 e. The molecule has 0 aliphatic rings. The lowest BCUT2D eigenvalue weighted by Crippen LogP contribution is -1.60. The second kappa shape index (κ2) is 3.49. The van der Waals surface area contributed by atoms with Crippen LogP contribution in [0.25, 0.3) is 0 Å². The Bertz CT molecular complexity index is 23.5. The van der Waals surface area contributed by atoms with E-state index in [0.29, 0.717) is 15.2 Å². The second-order valence-corrected chi connectivity index (χ2v) is 1.36. The van der Waals surface area contributed by atoms with Crippen LogP contribution < -0.4 is 0 Å². The summed E-state index contributed by atoms with van der Waals surface area (Å²) < 4.78 is 13.1. The zero-order valence-electron chi connectivity index (χ0n) is 4.49. The van der Waals surface area contributed by atoms with E-state index >= 15 is 0 Å². The largest absolute Gasteiger partial charge is 0.134 e. The van der Waals surface area contributed by atoms with Crippen molar-refractivity contribution in [3.8, 4) is 0 Å². The maximum atomic E-state index is 6.61. The molecular weight excluding hydrogens is 65.8 g/mol. The molecule has 0 rings (SSSR count). The minimum Gasteiger partial charge on any atom is -0.134 e. The Labute approximate surface area is 32.9 Å². The predicted octanol–water partition coefficient (Wildman–Crippen LogP) is 0.153. The van der Waals surface area contributed by atoms with Crippen LogP contribution in [0.5, 0.6) is 0 Å². The molecule has 0 bridgehead atoms. The monoisotopic (exact) mass is 75.1 g/mol. The van der Waals surface area contributed by atoms with Crippen LogP contribution in [-0.4, -0.2) is 21.8 Å². The molecule has 0 heterocycles. The maximum absolute atomic E-state index is 6.61. The fourth-order valence-corrected chi connectivity index (χ4v) is 0. The third-order valence-electron chi connectivity index (χ3n) is 0.144. The molecule has 4 heavy (non-hydrogen) atoms. The standard InChI is InChI=1S/C2H7BP/c1-4-2-3/h3-4H,2H2,1H3/i1D,3D. The molecule has 0 saturated carbocycles. The second-order valence-electron chi connectivity index (χ2n) is 0.454. The molecule has 0 aromatic rings. The van der Waals surface area contributed by atoms with Crippen LogP contribution in [0.4, 0.5) is 0 Å². The van der Waals surface area contributed by atoms with Crippen LogP contribution in [0.1, 0.15) is 1.37 Å². The summed E-state index contributed by atoms with van der Waals surface area (Å²) in [6.07, 6.45) is 0. The van der Waals surface area contributed by atoms with Crippen LogP contribution in [0.15, 0.2) is 0 Å². The number of rotatable bonds is 2. The van der Waals surface area contributed by atoms with Gasteiger partial charge in [0.15, 0.2) is 0 Å². The fraction of sp³-hybridized carbons (Fsp3) is 1.00. The highest BCUT2D eigenvalue weighted by Crippen LogP contribution is 1.92. The zero-order valence-corrected chi connectivity index (χ0v) is 3.49. The van der Waals surface area contributed by atoms with E-state index < -0.39 is 0 Å². The van der Waals surface area contributed by atoms with Crippen molar-refractivity contribution >= 4 is 16.4 Å². The van der Waals surface area contributed by atoms with Crippen LogP contribution in [0.3, 0.4) is 0 Å². The first-order chi connectivity index (χ1) is 2.91. The van der Waals surface area contributed by atoms with Crippen LogP contribution in [-0.2, 0) is 0 Å². The minimum absolute atomic E-state index is 0.482. The summed E-state index contributed by atoms with van der Waals surface area (Å²) in [5, 5.41) is 0. The molecule has 0 N–H and O–H groups in total. The molecule has 1 unspecified atom stereocenters. The van der Waals surface area contributed by atoms with Crippen LogP contribution in [0.2, 0.25) is 0 Å². The van der Waals surface area contributed by atoms with E-state index in [1.807, 2.05) is 0 Å². The first kappa shape index (κ1) is 1.82. The van der Waals surface area contributed by atoms with Gasteiger partial charge in [0.2, 0.25) is 0 Å². The van der Waals surface area contributed by atoms with Gasteiger partial charge in [0.25, 0.3) is 0 Å². The minimum atomic E-state index is 0.482. The van der Waals surface area contributed by atoms with E-state index in [4.69, 9.17) is 2.71 Å². The summed E-state index contributed by atoms with van der Waals surface area (Å²) in [7, 11) is 1.99. The van der Waals surface area contributed by atoms with Gasteiger partial charge in [-0.25, -0.2) is 0 Å². The predicted molar refractivity (Wildman–Crippen MR) is 26.3 cm³/mol. The average Bonchev–Trinajstić information content (AvgIpc) is 1.61. The Kier molecular flexibility index (Phi) is 1.59. The molecule has 0 aromatic heterocycles. The highest BCUT2D eigenvalue weighted by Gasteiger charge is 1.56. The van der Waals surface area contributed by atoms with Crippen molar-refractivity contribution in [3.05, 3.63) is 0 Å². The molecule has 0 fully saturated rings. The normalized spacial score (nSPS) is 16.0. The topological polar surface area (TPSA) is 0 Å². The molecule has 23 valence electrons. The molecule has 0 saturated heterocycles. The van der Waals surface area contributed by atoms with Crippen molar-refractivity contribution in [3.63, 3.8) is 0 Å². The van der Waals surface area contributed by atoms with Crippen molar-refractivity contribution in [2.24, 2.45) is 0 Å². The van der Waals surface area contributed by atoms with Crippen molar-refractivity contribution in [2.45, 2.75) is 0 Å². The first-order valence-corrected chi connectivity index (χ1v) is 2.53.